The van der Waals surface area contributed by atoms with Gasteiger partial charge in [0.1, 0.15) is 5.82 Å². The van der Waals surface area contributed by atoms with Crippen molar-refractivity contribution < 1.29 is 26.0 Å². The number of fused-ring (bicyclic) bond motifs is 1. The quantitative estimate of drug-likeness (QED) is 0.541. The fourth-order valence-electron chi connectivity index (χ4n) is 4.04. The lowest BCUT2D eigenvalue weighted by atomic mass is 10.0. The van der Waals surface area contributed by atoms with Crippen molar-refractivity contribution in [2.45, 2.75) is 33.0 Å². The number of sulfone groups is 1. The minimum Gasteiger partial charge on any atom is -0.368 e. The zero-order valence-electron chi connectivity index (χ0n) is 18.7. The van der Waals surface area contributed by atoms with E-state index in [4.69, 9.17) is 0 Å². The van der Waals surface area contributed by atoms with Gasteiger partial charge in [0.15, 0.2) is 15.7 Å². The van der Waals surface area contributed by atoms with Gasteiger partial charge in [-0.3, -0.25) is 0 Å². The molecule has 1 atom stereocenters. The van der Waals surface area contributed by atoms with Gasteiger partial charge in [-0.1, -0.05) is 12.1 Å². The molecule has 0 bridgehead atoms. The molecule has 1 aromatic carbocycles. The predicted octanol–water partition coefficient (Wildman–Crippen LogP) is 4.21. The Kier molecular flexibility index (Phi) is 6.13. The average molecular weight is 498 g/mol. The Morgan fingerprint density at radius 1 is 1.09 bits per heavy atom. The molecule has 0 saturated carbocycles. The number of nitrogens with zero attached hydrogens (tertiary/aromatic N) is 4. The van der Waals surface area contributed by atoms with Crippen molar-refractivity contribution in [2.24, 2.45) is 0 Å². The van der Waals surface area contributed by atoms with Crippen LogP contribution in [0.2, 0.25) is 0 Å². The molecule has 3 heterocycles. The highest BCUT2D eigenvalue weighted by Crippen LogP contribution is 2.35. The Morgan fingerprint density at radius 2 is 1.76 bits per heavy atom. The second kappa shape index (κ2) is 8.64. The zero-order chi connectivity index (χ0) is 24.8. The summed E-state index contributed by atoms with van der Waals surface area (Å²) in [5.74, 6) is -1.03. The molecule has 1 N–H and O–H groups in total. The van der Waals surface area contributed by atoms with Crippen LogP contribution in [0.4, 0.5) is 29.1 Å². The highest BCUT2D eigenvalue weighted by Gasteiger charge is 2.35. The predicted molar refractivity (Wildman–Crippen MR) is 121 cm³/mol. The van der Waals surface area contributed by atoms with Crippen LogP contribution in [0.25, 0.3) is 10.9 Å². The molecule has 0 unspecified atom stereocenters. The normalized spacial score (nSPS) is 17.1. The zero-order valence-corrected chi connectivity index (χ0v) is 19.6. The summed E-state index contributed by atoms with van der Waals surface area (Å²) >= 11 is 0. The van der Waals surface area contributed by atoms with E-state index in [1.54, 1.807) is 6.92 Å². The largest absolute Gasteiger partial charge is 0.419 e. The summed E-state index contributed by atoms with van der Waals surface area (Å²) in [5.41, 5.74) is 1.01. The van der Waals surface area contributed by atoms with Gasteiger partial charge in [0.25, 0.3) is 0 Å². The molecular weight excluding hydrogens is 474 g/mol. The first-order valence-electron chi connectivity index (χ1n) is 10.6. The molecule has 0 amide bonds. The van der Waals surface area contributed by atoms with E-state index in [9.17, 15) is 26.0 Å². The van der Waals surface area contributed by atoms with E-state index >= 15 is 0 Å². The number of anilines is 2. The van der Waals surface area contributed by atoms with Crippen molar-refractivity contribution in [1.29, 1.82) is 0 Å². The summed E-state index contributed by atoms with van der Waals surface area (Å²) in [4.78, 5) is 6.56. The Hall–Kier alpha value is -3.02. The Morgan fingerprint density at radius 3 is 2.41 bits per heavy atom. The molecule has 1 aliphatic heterocycles. The molecule has 12 heteroatoms. The summed E-state index contributed by atoms with van der Waals surface area (Å²) in [5, 5.41) is 11.8. The minimum atomic E-state index is -4.81. The summed E-state index contributed by atoms with van der Waals surface area (Å²) in [7, 11) is -3.07. The molecule has 1 aliphatic rings. The Balaban J connectivity index is 1.73. The maximum Gasteiger partial charge on any atom is 0.419 e. The lowest BCUT2D eigenvalue weighted by Crippen LogP contribution is -2.40. The average Bonchev–Trinajstić information content (AvgIpc) is 2.75. The fraction of sp³-hybridized carbons (Fsp3) is 0.409. The van der Waals surface area contributed by atoms with Crippen molar-refractivity contribution >= 4 is 32.2 Å². The minimum absolute atomic E-state index is 0.0368. The number of pyridine rings is 1. The molecular formula is C22H23F4N5O2S. The highest BCUT2D eigenvalue weighted by molar-refractivity contribution is 7.91. The van der Waals surface area contributed by atoms with Crippen LogP contribution in [0.5, 0.6) is 0 Å². The van der Waals surface area contributed by atoms with Crippen LogP contribution in [0, 0.1) is 19.7 Å². The Labute approximate surface area is 194 Å². The van der Waals surface area contributed by atoms with E-state index < -0.39 is 33.4 Å². The summed E-state index contributed by atoms with van der Waals surface area (Å²) in [6.45, 7) is 5.72. The maximum absolute atomic E-state index is 14.7. The molecule has 4 rings (SSSR count). The number of nitrogens with one attached hydrogen (secondary N) is 1. The SMILES string of the molecule is Cc1nc2c(C)nnc(N[C@H](C)c3cccc(C(F)(F)F)c3F)c2cc1N1CCS(=O)(=O)CC1. The highest BCUT2D eigenvalue weighted by atomic mass is 32.2. The number of hydrogen-bond acceptors (Lipinski definition) is 7. The number of rotatable bonds is 4. The van der Waals surface area contributed by atoms with Crippen LogP contribution in [0.1, 0.15) is 35.5 Å². The molecule has 1 fully saturated rings. The van der Waals surface area contributed by atoms with E-state index in [0.717, 1.165) is 11.8 Å². The summed E-state index contributed by atoms with van der Waals surface area (Å²) in [6.07, 6.45) is -4.81. The molecule has 0 aliphatic carbocycles. The smallest absolute Gasteiger partial charge is 0.368 e. The topological polar surface area (TPSA) is 88.1 Å². The number of benzene rings is 1. The van der Waals surface area contributed by atoms with E-state index in [1.807, 2.05) is 17.9 Å². The number of aryl methyl sites for hydroxylation is 2. The van der Waals surface area contributed by atoms with Crippen LogP contribution in [0.3, 0.4) is 0 Å². The van der Waals surface area contributed by atoms with Crippen LogP contribution in [0.15, 0.2) is 24.3 Å². The lowest BCUT2D eigenvalue weighted by Gasteiger charge is -2.30. The van der Waals surface area contributed by atoms with Crippen LogP contribution in [-0.4, -0.2) is 48.2 Å². The molecule has 2 aromatic heterocycles. The van der Waals surface area contributed by atoms with Crippen LogP contribution < -0.4 is 10.2 Å². The van der Waals surface area contributed by atoms with E-state index in [1.165, 1.54) is 13.0 Å². The second-order valence-electron chi connectivity index (χ2n) is 8.33. The second-order valence-corrected chi connectivity index (χ2v) is 10.6. The lowest BCUT2D eigenvalue weighted by molar-refractivity contribution is -0.140. The first-order valence-corrected chi connectivity index (χ1v) is 12.4. The van der Waals surface area contributed by atoms with Crippen molar-refractivity contribution in [3.63, 3.8) is 0 Å². The van der Waals surface area contributed by atoms with Gasteiger partial charge in [0, 0.05) is 24.0 Å². The van der Waals surface area contributed by atoms with E-state index in [-0.39, 0.29) is 22.9 Å². The standard InChI is InChI=1S/C22H23F4N5O2S/c1-12(15-5-4-6-17(19(15)23)22(24,25)26)28-21-16-11-18(31-7-9-34(32,33)10-8-31)13(2)27-20(16)14(3)29-30-21/h4-6,11-12H,7-10H2,1-3H3,(H,28,30)/t12-/m1/s1. The fourth-order valence-corrected chi connectivity index (χ4v) is 5.24. The van der Waals surface area contributed by atoms with Crippen LogP contribution >= 0.6 is 0 Å². The number of halogens is 4. The monoisotopic (exact) mass is 497 g/mol. The third kappa shape index (κ3) is 4.63. The van der Waals surface area contributed by atoms with Gasteiger partial charge in [-0.15, -0.1) is 5.10 Å². The number of aromatic nitrogens is 3. The maximum atomic E-state index is 14.7. The molecule has 34 heavy (non-hydrogen) atoms. The number of alkyl halides is 3. The van der Waals surface area contributed by atoms with Crippen molar-refractivity contribution in [3.8, 4) is 0 Å². The first-order chi connectivity index (χ1) is 15.9. The third-order valence-corrected chi connectivity index (χ3v) is 7.53. The molecule has 182 valence electrons. The van der Waals surface area contributed by atoms with E-state index in [2.05, 4.69) is 20.5 Å². The van der Waals surface area contributed by atoms with Gasteiger partial charge in [-0.2, -0.15) is 18.3 Å². The summed E-state index contributed by atoms with van der Waals surface area (Å²) < 4.78 is 77.7. The van der Waals surface area contributed by atoms with Crippen molar-refractivity contribution in [1.82, 2.24) is 15.2 Å². The van der Waals surface area contributed by atoms with Gasteiger partial charge in [-0.05, 0) is 32.9 Å². The molecule has 7 nitrogen and oxygen atoms in total. The molecule has 0 spiro atoms. The molecule has 1 saturated heterocycles. The third-order valence-electron chi connectivity index (χ3n) is 5.92. The molecule has 3 aromatic rings. The van der Waals surface area contributed by atoms with Gasteiger partial charge in [0.2, 0.25) is 0 Å². The first kappa shape index (κ1) is 24.1. The van der Waals surface area contributed by atoms with Gasteiger partial charge < -0.3 is 10.2 Å². The van der Waals surface area contributed by atoms with Gasteiger partial charge in [-0.25, -0.2) is 17.8 Å². The van der Waals surface area contributed by atoms with Crippen molar-refractivity contribution in [2.75, 3.05) is 34.8 Å². The number of hydrogen-bond donors (Lipinski definition) is 1. The van der Waals surface area contributed by atoms with Crippen molar-refractivity contribution in [3.05, 3.63) is 52.6 Å². The van der Waals surface area contributed by atoms with Gasteiger partial charge in [0.05, 0.1) is 45.7 Å². The Bertz CT molecular complexity index is 1350. The van der Waals surface area contributed by atoms with E-state index in [0.29, 0.717) is 41.4 Å². The molecule has 0 radical (unpaired) electrons. The van der Waals surface area contributed by atoms with Crippen LogP contribution in [-0.2, 0) is 16.0 Å². The van der Waals surface area contributed by atoms with Gasteiger partial charge >= 0.3 is 6.18 Å². The summed E-state index contributed by atoms with van der Waals surface area (Å²) in [6, 6.07) is 4.10.